The van der Waals surface area contributed by atoms with Gasteiger partial charge in [-0.15, -0.1) is 0 Å². The number of rotatable bonds is 8. The van der Waals surface area contributed by atoms with Crippen LogP contribution in [0.25, 0.3) is 32.2 Å². The number of nitrogens with one attached hydrogen (secondary N) is 1. The molecule has 2 aromatic heterocycles. The number of thiazole rings is 1. The van der Waals surface area contributed by atoms with Gasteiger partial charge in [0.1, 0.15) is 23.8 Å². The van der Waals surface area contributed by atoms with Gasteiger partial charge in [0.2, 0.25) is 5.91 Å². The van der Waals surface area contributed by atoms with Gasteiger partial charge < -0.3 is 25.4 Å². The quantitative estimate of drug-likeness (QED) is 0.279. The molecule has 2 aliphatic rings. The molecule has 3 N–H and O–H groups in total. The number of methoxy groups -OCH3 is 1. The number of carbonyl (C=O) groups is 1. The Hall–Kier alpha value is -3.65. The van der Waals surface area contributed by atoms with Gasteiger partial charge >= 0.3 is 6.01 Å². The number of likely N-dealkylation sites (N-methyl/N-ethyl adjacent to an activating group) is 1. The van der Waals surface area contributed by atoms with Crippen molar-refractivity contribution in [1.82, 2.24) is 24.8 Å². The van der Waals surface area contributed by atoms with Crippen LogP contribution in [0.1, 0.15) is 6.42 Å². The number of fused-ring (bicyclic) bond motifs is 2. The highest BCUT2D eigenvalue weighted by Gasteiger charge is 2.32. The Morgan fingerprint density at radius 1 is 1.26 bits per heavy atom. The highest BCUT2D eigenvalue weighted by Crippen LogP contribution is 2.42. The third-order valence-electron chi connectivity index (χ3n) is 7.74. The molecule has 14 heteroatoms. The number of nitrogen functional groups attached to an aromatic ring is 1. The number of halogens is 3. The summed E-state index contributed by atoms with van der Waals surface area (Å²) >= 11 is 7.65. The molecule has 0 aliphatic carbocycles. The first-order chi connectivity index (χ1) is 20.2. The number of ether oxygens (including phenoxy) is 2. The zero-order chi connectivity index (χ0) is 29.7. The zero-order valence-corrected chi connectivity index (χ0v) is 24.4. The minimum absolute atomic E-state index is 0.0138. The minimum atomic E-state index is -0.734. The van der Waals surface area contributed by atoms with Gasteiger partial charge in [-0.2, -0.15) is 9.97 Å². The molecule has 2 atom stereocenters. The van der Waals surface area contributed by atoms with Crippen molar-refractivity contribution in [2.24, 2.45) is 0 Å². The summed E-state index contributed by atoms with van der Waals surface area (Å²) in [5, 5.41) is 3.83. The number of nitrogens with zero attached hydrogens (tertiary/aromatic N) is 5. The first kappa shape index (κ1) is 28.5. The predicted molar refractivity (Wildman–Crippen MR) is 159 cm³/mol. The predicted octanol–water partition coefficient (Wildman–Crippen LogP) is 4.33. The Morgan fingerprint density at radius 3 is 2.76 bits per heavy atom. The molecule has 2 unspecified atom stereocenters. The Kier molecular flexibility index (Phi) is 7.60. The van der Waals surface area contributed by atoms with E-state index in [0.29, 0.717) is 24.3 Å². The first-order valence-electron chi connectivity index (χ1n) is 13.2. The number of hydrogen-bond donors (Lipinski definition) is 2. The standard InChI is InChI=1S/C28H28ClF2N7O3S/c1-4-20(39)38-9-13(10-38)33-26-17-8-18(29)21(16-5-6-19(30)25-24(16)34-27(32)42-25)22(31)23(17)35-28(36-26)41-12-14-7-15(40-3)11-37(14)2/h4-6,8,13-15H,1,7,9-12H2,2-3H3,(H2,32,34)(H,33,35,36). The van der Waals surface area contributed by atoms with E-state index in [1.807, 2.05) is 7.05 Å². The number of amides is 1. The number of likely N-dealkylation sites (tertiary alicyclic amines) is 2. The molecule has 0 spiro atoms. The molecule has 2 aliphatic heterocycles. The fourth-order valence-electron chi connectivity index (χ4n) is 5.43. The number of carbonyl (C=O) groups excluding carboxylic acids is 1. The van der Waals surface area contributed by atoms with E-state index in [9.17, 15) is 9.18 Å². The lowest BCUT2D eigenvalue weighted by molar-refractivity contribution is -0.129. The summed E-state index contributed by atoms with van der Waals surface area (Å²) in [6, 6.07) is 4.11. The molecule has 0 bridgehead atoms. The molecule has 220 valence electrons. The van der Waals surface area contributed by atoms with E-state index in [1.54, 1.807) is 18.1 Å². The maximum absolute atomic E-state index is 16.5. The topological polar surface area (TPSA) is 119 Å². The summed E-state index contributed by atoms with van der Waals surface area (Å²) in [5.41, 5.74) is 6.33. The van der Waals surface area contributed by atoms with Crippen LogP contribution in [0.2, 0.25) is 5.02 Å². The fraction of sp³-hybridized carbons (Fsp3) is 0.357. The number of hydrogen-bond acceptors (Lipinski definition) is 10. The summed E-state index contributed by atoms with van der Waals surface area (Å²) in [6.45, 7) is 5.40. The van der Waals surface area contributed by atoms with Crippen molar-refractivity contribution in [3.05, 3.63) is 47.5 Å². The van der Waals surface area contributed by atoms with Crippen LogP contribution >= 0.6 is 22.9 Å². The van der Waals surface area contributed by atoms with Crippen molar-refractivity contribution in [1.29, 1.82) is 0 Å². The molecule has 2 fully saturated rings. The summed E-state index contributed by atoms with van der Waals surface area (Å²) in [7, 11) is 3.66. The van der Waals surface area contributed by atoms with Crippen LogP contribution in [0.4, 0.5) is 19.7 Å². The van der Waals surface area contributed by atoms with Crippen LogP contribution in [0.3, 0.4) is 0 Å². The molecule has 10 nitrogen and oxygen atoms in total. The van der Waals surface area contributed by atoms with Crippen molar-refractivity contribution in [2.45, 2.75) is 24.6 Å². The largest absolute Gasteiger partial charge is 0.462 e. The van der Waals surface area contributed by atoms with Gasteiger partial charge in [-0.1, -0.05) is 29.5 Å². The van der Waals surface area contributed by atoms with E-state index in [1.165, 1.54) is 18.2 Å². The zero-order valence-electron chi connectivity index (χ0n) is 22.9. The molecular formula is C28H28ClF2N7O3S. The van der Waals surface area contributed by atoms with Crippen LogP contribution in [0.15, 0.2) is 30.9 Å². The van der Waals surface area contributed by atoms with E-state index >= 15 is 4.39 Å². The number of anilines is 2. The van der Waals surface area contributed by atoms with Gasteiger partial charge in [-0.05, 0) is 37.7 Å². The lowest BCUT2D eigenvalue weighted by Crippen LogP contribution is -2.56. The summed E-state index contributed by atoms with van der Waals surface area (Å²) < 4.78 is 42.7. The summed E-state index contributed by atoms with van der Waals surface area (Å²) in [4.78, 5) is 28.9. The third kappa shape index (κ3) is 5.10. The molecule has 2 aromatic carbocycles. The van der Waals surface area contributed by atoms with E-state index in [-0.39, 0.29) is 73.7 Å². The second-order valence-electron chi connectivity index (χ2n) is 10.4. The maximum atomic E-state index is 16.5. The highest BCUT2D eigenvalue weighted by molar-refractivity contribution is 7.22. The normalized spacial score (nSPS) is 19.4. The van der Waals surface area contributed by atoms with E-state index in [0.717, 1.165) is 24.3 Å². The van der Waals surface area contributed by atoms with Gasteiger partial charge in [0.25, 0.3) is 0 Å². The fourth-order valence-corrected chi connectivity index (χ4v) is 6.49. The second kappa shape index (κ2) is 11.2. The lowest BCUT2D eigenvalue weighted by Gasteiger charge is -2.39. The van der Waals surface area contributed by atoms with Crippen molar-refractivity contribution in [3.8, 4) is 17.1 Å². The SMILES string of the molecule is C=CC(=O)N1CC(Nc2nc(OCC3CC(OC)CN3C)nc3c(F)c(-c4ccc(F)c5sc(N)nc45)c(Cl)cc23)C1. The smallest absolute Gasteiger partial charge is 0.319 e. The molecule has 4 heterocycles. The molecule has 42 heavy (non-hydrogen) atoms. The van der Waals surface area contributed by atoms with Gasteiger partial charge in [-0.3, -0.25) is 9.69 Å². The molecule has 1 amide bonds. The molecule has 0 radical (unpaired) electrons. The van der Waals surface area contributed by atoms with Crippen molar-refractivity contribution in [3.63, 3.8) is 0 Å². The summed E-state index contributed by atoms with van der Waals surface area (Å²) in [5.74, 6) is -1.11. The third-order valence-corrected chi connectivity index (χ3v) is 8.93. The maximum Gasteiger partial charge on any atom is 0.319 e. The average molecular weight is 616 g/mol. The van der Waals surface area contributed by atoms with Crippen molar-refractivity contribution in [2.75, 3.05) is 51.4 Å². The lowest BCUT2D eigenvalue weighted by atomic mass is 10.0. The van der Waals surface area contributed by atoms with E-state index in [2.05, 4.69) is 31.7 Å². The van der Waals surface area contributed by atoms with E-state index in [4.69, 9.17) is 26.8 Å². The Bertz CT molecular complexity index is 1710. The van der Waals surface area contributed by atoms with Gasteiger partial charge in [0.05, 0.1) is 27.4 Å². The molecule has 2 saturated heterocycles. The number of aromatic nitrogens is 3. The molecule has 0 saturated carbocycles. The average Bonchev–Trinajstić information content (AvgIpc) is 3.52. The first-order valence-corrected chi connectivity index (χ1v) is 14.4. The van der Waals surface area contributed by atoms with Crippen LogP contribution in [-0.2, 0) is 9.53 Å². The van der Waals surface area contributed by atoms with Crippen LogP contribution < -0.4 is 15.8 Å². The second-order valence-corrected chi connectivity index (χ2v) is 11.8. The number of benzene rings is 2. The Morgan fingerprint density at radius 2 is 2.05 bits per heavy atom. The molecular weight excluding hydrogens is 588 g/mol. The minimum Gasteiger partial charge on any atom is -0.462 e. The Balaban J connectivity index is 1.41. The van der Waals surface area contributed by atoms with Crippen molar-refractivity contribution < 1.29 is 23.0 Å². The monoisotopic (exact) mass is 615 g/mol. The van der Waals surface area contributed by atoms with Crippen LogP contribution in [0.5, 0.6) is 6.01 Å². The van der Waals surface area contributed by atoms with Gasteiger partial charge in [0.15, 0.2) is 10.9 Å². The molecule has 4 aromatic rings. The van der Waals surface area contributed by atoms with E-state index < -0.39 is 11.6 Å². The Labute approximate surface area is 249 Å². The number of nitrogens with two attached hydrogens (primary N) is 1. The van der Waals surface area contributed by atoms with Gasteiger partial charge in [0, 0.05) is 49.3 Å². The van der Waals surface area contributed by atoms with Crippen LogP contribution in [-0.4, -0.2) is 89.2 Å². The van der Waals surface area contributed by atoms with Crippen LogP contribution in [0, 0.1) is 11.6 Å². The molecule has 6 rings (SSSR count). The highest BCUT2D eigenvalue weighted by atomic mass is 35.5. The van der Waals surface area contributed by atoms with Gasteiger partial charge in [-0.25, -0.2) is 13.8 Å². The van der Waals surface area contributed by atoms with Crippen molar-refractivity contribution >= 4 is 60.9 Å². The summed E-state index contributed by atoms with van der Waals surface area (Å²) in [6.07, 6.45) is 2.12.